The molecule has 1 atom stereocenters. The Morgan fingerprint density at radius 1 is 1.32 bits per heavy atom. The van der Waals surface area contributed by atoms with E-state index in [2.05, 4.69) is 5.32 Å². The van der Waals surface area contributed by atoms with Gasteiger partial charge in [-0.3, -0.25) is 10.2 Å². The van der Waals surface area contributed by atoms with Crippen molar-refractivity contribution in [1.82, 2.24) is 5.32 Å². The number of benzene rings is 1. The first-order valence-corrected chi connectivity index (χ1v) is 7.23. The van der Waals surface area contributed by atoms with Gasteiger partial charge in [-0.2, -0.15) is 0 Å². The zero-order valence-electron chi connectivity index (χ0n) is 12.7. The molecule has 0 spiro atoms. The zero-order valence-corrected chi connectivity index (χ0v) is 12.7. The van der Waals surface area contributed by atoms with Crippen molar-refractivity contribution in [2.45, 2.75) is 19.4 Å². The van der Waals surface area contributed by atoms with Crippen LogP contribution in [-0.2, 0) is 4.79 Å². The third kappa shape index (κ3) is 5.34. The minimum absolute atomic E-state index is 0.128. The van der Waals surface area contributed by atoms with E-state index >= 15 is 0 Å². The van der Waals surface area contributed by atoms with Crippen molar-refractivity contribution < 1.29 is 14.6 Å². The second-order valence-electron chi connectivity index (χ2n) is 4.97. The molecular weight excluding hydrogens is 284 g/mol. The molecule has 122 valence electrons. The number of rotatable bonds is 9. The van der Waals surface area contributed by atoms with E-state index in [1.807, 2.05) is 6.92 Å². The van der Waals surface area contributed by atoms with Gasteiger partial charge in [0.25, 0.3) is 0 Å². The molecule has 0 amide bonds. The molecule has 0 aliphatic rings. The smallest absolute Gasteiger partial charge is 0.309 e. The number of carboxylic acids is 1. The van der Waals surface area contributed by atoms with E-state index in [1.165, 1.54) is 0 Å². The summed E-state index contributed by atoms with van der Waals surface area (Å²) >= 11 is 0. The Morgan fingerprint density at radius 2 is 1.91 bits per heavy atom. The lowest BCUT2D eigenvalue weighted by Crippen LogP contribution is -2.45. The minimum atomic E-state index is -0.861. The number of hydrogen-bond donors (Lipinski definition) is 5. The van der Waals surface area contributed by atoms with Crippen LogP contribution in [0.25, 0.3) is 0 Å². The molecule has 0 saturated heterocycles. The summed E-state index contributed by atoms with van der Waals surface area (Å²) in [6.45, 7) is 2.65. The van der Waals surface area contributed by atoms with Crippen molar-refractivity contribution in [2.75, 3.05) is 19.7 Å². The standard InChI is InChI=1S/C15H24N4O3/c1-2-10(15(20)21)9-22-13-5-3-11(4-6-13)14(18)19-12(7-16)8-17/h3-6,10,12H,2,7-9,16-17H2,1H3,(H2,18,19)(H,20,21)/t10-/m1/s1. The number of hydrogen-bond acceptors (Lipinski definition) is 5. The Morgan fingerprint density at radius 3 is 2.36 bits per heavy atom. The molecule has 0 bridgehead atoms. The van der Waals surface area contributed by atoms with Crippen LogP contribution in [0, 0.1) is 11.3 Å². The molecule has 0 heterocycles. The fraction of sp³-hybridized carbons (Fsp3) is 0.467. The second-order valence-corrected chi connectivity index (χ2v) is 4.97. The highest BCUT2D eigenvalue weighted by Crippen LogP contribution is 2.14. The fourth-order valence-corrected chi connectivity index (χ4v) is 1.78. The molecule has 0 aromatic heterocycles. The fourth-order valence-electron chi connectivity index (χ4n) is 1.78. The van der Waals surface area contributed by atoms with Gasteiger partial charge >= 0.3 is 5.97 Å². The Kier molecular flexibility index (Phi) is 7.34. The van der Waals surface area contributed by atoms with Crippen molar-refractivity contribution in [3.05, 3.63) is 29.8 Å². The van der Waals surface area contributed by atoms with E-state index in [1.54, 1.807) is 24.3 Å². The number of nitrogens with two attached hydrogens (primary N) is 2. The lowest BCUT2D eigenvalue weighted by Gasteiger charge is -2.17. The van der Waals surface area contributed by atoms with E-state index in [4.69, 9.17) is 26.7 Å². The third-order valence-corrected chi connectivity index (χ3v) is 3.35. The number of ether oxygens (including phenoxy) is 1. The SMILES string of the molecule is CC[C@H](COc1ccc(C(=N)NC(CN)CN)cc1)C(=O)O. The molecular formula is C15H24N4O3. The molecule has 0 aliphatic heterocycles. The molecule has 7 nitrogen and oxygen atoms in total. The number of nitrogens with one attached hydrogen (secondary N) is 2. The quantitative estimate of drug-likeness (QED) is 0.330. The van der Waals surface area contributed by atoms with Gasteiger partial charge in [0.2, 0.25) is 0 Å². The van der Waals surface area contributed by atoms with Gasteiger partial charge in [0.05, 0.1) is 12.0 Å². The van der Waals surface area contributed by atoms with Crippen LogP contribution in [0.5, 0.6) is 5.75 Å². The average molecular weight is 308 g/mol. The molecule has 0 unspecified atom stereocenters. The number of aliphatic carboxylic acids is 1. The van der Waals surface area contributed by atoms with Gasteiger partial charge in [-0.25, -0.2) is 0 Å². The van der Waals surface area contributed by atoms with Gasteiger partial charge in [-0.1, -0.05) is 6.92 Å². The summed E-state index contributed by atoms with van der Waals surface area (Å²) in [5.74, 6) is -0.566. The largest absolute Gasteiger partial charge is 0.493 e. The second kappa shape index (κ2) is 9.01. The monoisotopic (exact) mass is 308 g/mol. The van der Waals surface area contributed by atoms with Crippen LogP contribution in [-0.4, -0.2) is 42.6 Å². The highest BCUT2D eigenvalue weighted by atomic mass is 16.5. The van der Waals surface area contributed by atoms with Gasteiger partial charge in [0, 0.05) is 18.7 Å². The molecule has 7 N–H and O–H groups in total. The number of amidine groups is 1. The highest BCUT2D eigenvalue weighted by molar-refractivity contribution is 5.96. The molecule has 0 saturated carbocycles. The van der Waals surface area contributed by atoms with Crippen molar-refractivity contribution in [2.24, 2.45) is 17.4 Å². The molecule has 1 aromatic rings. The van der Waals surface area contributed by atoms with Gasteiger partial charge < -0.3 is 26.6 Å². The Labute approximate surface area is 130 Å². The normalized spacial score (nSPS) is 12.0. The molecule has 1 rings (SSSR count). The van der Waals surface area contributed by atoms with Crippen molar-refractivity contribution in [3.8, 4) is 5.75 Å². The van der Waals surface area contributed by atoms with Crippen LogP contribution in [0.2, 0.25) is 0 Å². The highest BCUT2D eigenvalue weighted by Gasteiger charge is 2.15. The lowest BCUT2D eigenvalue weighted by molar-refractivity contribution is -0.142. The van der Waals surface area contributed by atoms with Crippen LogP contribution in [0.15, 0.2) is 24.3 Å². The third-order valence-electron chi connectivity index (χ3n) is 3.35. The first-order chi connectivity index (χ1) is 10.5. The van der Waals surface area contributed by atoms with Gasteiger partial charge in [-0.15, -0.1) is 0 Å². The van der Waals surface area contributed by atoms with Crippen LogP contribution in [0.3, 0.4) is 0 Å². The summed E-state index contributed by atoms with van der Waals surface area (Å²) < 4.78 is 5.47. The van der Waals surface area contributed by atoms with E-state index in [9.17, 15) is 4.79 Å². The maximum Gasteiger partial charge on any atom is 0.309 e. The van der Waals surface area contributed by atoms with Gasteiger partial charge in [0.15, 0.2) is 0 Å². The maximum atomic E-state index is 10.9. The average Bonchev–Trinajstić information content (AvgIpc) is 2.53. The molecule has 0 aliphatic carbocycles. The van der Waals surface area contributed by atoms with Crippen LogP contribution >= 0.6 is 0 Å². The maximum absolute atomic E-state index is 10.9. The van der Waals surface area contributed by atoms with Crippen LogP contribution in [0.1, 0.15) is 18.9 Å². The predicted octanol–water partition coefficient (Wildman–Crippen LogP) is 0.377. The molecule has 0 radical (unpaired) electrons. The first kappa shape index (κ1) is 17.9. The Balaban J connectivity index is 2.59. The summed E-state index contributed by atoms with van der Waals surface area (Å²) in [5, 5.41) is 19.9. The summed E-state index contributed by atoms with van der Waals surface area (Å²) in [6.07, 6.45) is 0.515. The summed E-state index contributed by atoms with van der Waals surface area (Å²) in [6, 6.07) is 6.75. The van der Waals surface area contributed by atoms with E-state index in [0.717, 1.165) is 0 Å². The lowest BCUT2D eigenvalue weighted by atomic mass is 10.1. The topological polar surface area (TPSA) is 134 Å². The van der Waals surface area contributed by atoms with E-state index in [-0.39, 0.29) is 18.5 Å². The minimum Gasteiger partial charge on any atom is -0.493 e. The van der Waals surface area contributed by atoms with Gasteiger partial charge in [-0.05, 0) is 30.7 Å². The van der Waals surface area contributed by atoms with Crippen LogP contribution in [0.4, 0.5) is 0 Å². The van der Waals surface area contributed by atoms with Crippen molar-refractivity contribution in [3.63, 3.8) is 0 Å². The summed E-state index contributed by atoms with van der Waals surface area (Å²) in [5.41, 5.74) is 11.7. The first-order valence-electron chi connectivity index (χ1n) is 7.23. The summed E-state index contributed by atoms with van der Waals surface area (Å²) in [7, 11) is 0. The van der Waals surface area contributed by atoms with E-state index in [0.29, 0.717) is 30.8 Å². The number of carbonyl (C=O) groups is 1. The number of carboxylic acid groups (broad SMARTS) is 1. The predicted molar refractivity (Wildman–Crippen MR) is 85.2 cm³/mol. The van der Waals surface area contributed by atoms with E-state index < -0.39 is 11.9 Å². The van der Waals surface area contributed by atoms with Crippen LogP contribution < -0.4 is 21.5 Å². The Hall–Kier alpha value is -2.12. The summed E-state index contributed by atoms with van der Waals surface area (Å²) in [4.78, 5) is 10.9. The molecule has 22 heavy (non-hydrogen) atoms. The molecule has 0 fully saturated rings. The molecule has 1 aromatic carbocycles. The molecule has 7 heteroatoms. The van der Waals surface area contributed by atoms with Gasteiger partial charge in [0.1, 0.15) is 18.2 Å². The van der Waals surface area contributed by atoms with Crippen molar-refractivity contribution in [1.29, 1.82) is 5.41 Å². The zero-order chi connectivity index (χ0) is 16.5. The Bertz CT molecular complexity index is 486. The van der Waals surface area contributed by atoms with Crippen molar-refractivity contribution >= 4 is 11.8 Å².